The van der Waals surface area contributed by atoms with Crippen molar-refractivity contribution in [1.29, 1.82) is 5.26 Å². The maximum absolute atomic E-state index is 12.3. The molecular weight excluding hydrogens is 370 g/mol. The molecule has 0 unspecified atom stereocenters. The molecule has 1 aliphatic heterocycles. The molecule has 0 radical (unpaired) electrons. The van der Waals surface area contributed by atoms with Crippen LogP contribution in [-0.4, -0.2) is 36.5 Å². The minimum absolute atomic E-state index is 0.0498. The highest BCUT2D eigenvalue weighted by Gasteiger charge is 2.30. The molecule has 1 saturated heterocycles. The number of esters is 1. The number of hydrogen-bond donors (Lipinski definition) is 1. The highest BCUT2D eigenvalue weighted by molar-refractivity contribution is 6.34. The molecule has 1 aliphatic rings. The molecule has 1 N–H and O–H groups in total. The molecule has 1 aromatic carbocycles. The van der Waals surface area contributed by atoms with E-state index in [4.69, 9.17) is 16.3 Å². The van der Waals surface area contributed by atoms with Crippen LogP contribution in [0.3, 0.4) is 0 Å². The number of carbonyl (C=O) groups excluding carboxylic acids is 3. The normalized spacial score (nSPS) is 16.0. The molecule has 1 heterocycles. The molecule has 8 heteroatoms. The monoisotopic (exact) mass is 391 g/mol. The van der Waals surface area contributed by atoms with Gasteiger partial charge < -0.3 is 15.0 Å². The Bertz CT molecular complexity index is 803. The predicted octanol–water partition coefficient (Wildman–Crippen LogP) is 2.68. The molecule has 2 amide bonds. The van der Waals surface area contributed by atoms with E-state index in [1.807, 2.05) is 13.8 Å². The van der Waals surface area contributed by atoms with Crippen LogP contribution >= 0.6 is 11.6 Å². The molecule has 7 nitrogen and oxygen atoms in total. The van der Waals surface area contributed by atoms with E-state index in [0.29, 0.717) is 23.7 Å². The maximum Gasteiger partial charge on any atom is 0.338 e. The van der Waals surface area contributed by atoms with Crippen molar-refractivity contribution < 1.29 is 19.1 Å². The number of carbonyl (C=O) groups is 3. The molecule has 0 aromatic heterocycles. The summed E-state index contributed by atoms with van der Waals surface area (Å²) in [5.74, 6) is -1.44. The first-order valence-electron chi connectivity index (χ1n) is 8.67. The Morgan fingerprint density at radius 2 is 2.15 bits per heavy atom. The maximum atomic E-state index is 12.3. The molecular formula is C19H22ClN3O4. The number of hydrogen-bond acceptors (Lipinski definition) is 5. The number of rotatable bonds is 6. The zero-order valence-electron chi connectivity index (χ0n) is 15.5. The van der Waals surface area contributed by atoms with E-state index in [9.17, 15) is 19.6 Å². The lowest BCUT2D eigenvalue weighted by atomic mass is 9.90. The van der Waals surface area contributed by atoms with E-state index in [1.165, 1.54) is 23.1 Å². The van der Waals surface area contributed by atoms with Crippen molar-refractivity contribution in [2.45, 2.75) is 39.2 Å². The van der Waals surface area contributed by atoms with Crippen molar-refractivity contribution in [3.8, 4) is 6.07 Å². The lowest BCUT2D eigenvalue weighted by Crippen LogP contribution is -2.50. The van der Waals surface area contributed by atoms with Crippen LogP contribution in [0.5, 0.6) is 0 Å². The summed E-state index contributed by atoms with van der Waals surface area (Å²) in [4.78, 5) is 37.7. The fourth-order valence-corrected chi connectivity index (χ4v) is 2.81. The van der Waals surface area contributed by atoms with Gasteiger partial charge >= 0.3 is 5.97 Å². The summed E-state index contributed by atoms with van der Waals surface area (Å²) in [7, 11) is 0. The van der Waals surface area contributed by atoms with E-state index in [-0.39, 0.29) is 17.4 Å². The third kappa shape index (κ3) is 4.77. The Hall–Kier alpha value is -2.59. The van der Waals surface area contributed by atoms with Gasteiger partial charge in [-0.3, -0.25) is 9.59 Å². The van der Waals surface area contributed by atoms with Crippen LogP contribution in [0.25, 0.3) is 0 Å². The number of anilines is 1. The van der Waals surface area contributed by atoms with Crippen LogP contribution in [0.4, 0.5) is 5.69 Å². The zero-order valence-corrected chi connectivity index (χ0v) is 16.3. The summed E-state index contributed by atoms with van der Waals surface area (Å²) < 4.78 is 5.04. The zero-order chi connectivity index (χ0) is 20.2. The molecule has 0 aliphatic carbocycles. The number of benzene rings is 1. The first-order chi connectivity index (χ1) is 12.7. The van der Waals surface area contributed by atoms with Crippen molar-refractivity contribution in [3.05, 3.63) is 28.8 Å². The van der Waals surface area contributed by atoms with Crippen molar-refractivity contribution in [3.63, 3.8) is 0 Å². The van der Waals surface area contributed by atoms with Gasteiger partial charge in [0, 0.05) is 13.0 Å². The van der Waals surface area contributed by atoms with Crippen LogP contribution in [0, 0.1) is 17.2 Å². The first-order valence-corrected chi connectivity index (χ1v) is 9.05. The lowest BCUT2D eigenvalue weighted by molar-refractivity contribution is -0.125. The van der Waals surface area contributed by atoms with Crippen LogP contribution in [0.15, 0.2) is 18.2 Å². The third-order valence-corrected chi connectivity index (χ3v) is 4.99. The fraction of sp³-hybridized carbons (Fsp3) is 0.474. The van der Waals surface area contributed by atoms with Crippen LogP contribution in [-0.2, 0) is 14.3 Å². The van der Waals surface area contributed by atoms with Gasteiger partial charge in [-0.05, 0) is 37.5 Å². The summed E-state index contributed by atoms with van der Waals surface area (Å²) in [6, 6.07) is 6.53. The van der Waals surface area contributed by atoms with Gasteiger partial charge in [0.25, 0.3) is 5.91 Å². The second-order valence-electron chi connectivity index (χ2n) is 6.91. The molecule has 0 spiro atoms. The molecule has 0 bridgehead atoms. The van der Waals surface area contributed by atoms with Crippen molar-refractivity contribution >= 4 is 35.1 Å². The molecule has 27 heavy (non-hydrogen) atoms. The van der Waals surface area contributed by atoms with Crippen LogP contribution in [0.2, 0.25) is 5.02 Å². The Kier molecular flexibility index (Phi) is 6.45. The number of ether oxygens (including phenoxy) is 1. The van der Waals surface area contributed by atoms with Crippen LogP contribution < -0.4 is 10.2 Å². The number of halogens is 1. The molecule has 1 fully saturated rings. The van der Waals surface area contributed by atoms with E-state index in [1.54, 1.807) is 6.92 Å². The fourth-order valence-electron chi connectivity index (χ4n) is 2.59. The second-order valence-corrected chi connectivity index (χ2v) is 7.32. The van der Waals surface area contributed by atoms with Gasteiger partial charge in [-0.15, -0.1) is 0 Å². The van der Waals surface area contributed by atoms with E-state index in [2.05, 4.69) is 11.4 Å². The van der Waals surface area contributed by atoms with Gasteiger partial charge in [0.05, 0.1) is 22.3 Å². The molecule has 144 valence electrons. The summed E-state index contributed by atoms with van der Waals surface area (Å²) in [6.45, 7) is 5.26. The van der Waals surface area contributed by atoms with Gasteiger partial charge in [0.1, 0.15) is 5.54 Å². The molecule has 1 atom stereocenters. The van der Waals surface area contributed by atoms with E-state index in [0.717, 1.165) is 6.42 Å². The standard InChI is InChI=1S/C19H22ClN3O4/c1-12(2)19(3,11-21)22-16(24)10-27-18(26)13-6-7-14(20)15(9-13)23-8-4-5-17(23)25/h6-7,9,12H,4-5,8,10H2,1-3H3,(H,22,24)/t19-/m0/s1. The number of amides is 2. The number of nitrogens with one attached hydrogen (secondary N) is 1. The highest BCUT2D eigenvalue weighted by atomic mass is 35.5. The van der Waals surface area contributed by atoms with E-state index < -0.39 is 24.0 Å². The summed E-state index contributed by atoms with van der Waals surface area (Å²) in [6.07, 6.45) is 1.18. The van der Waals surface area contributed by atoms with Crippen LogP contribution in [0.1, 0.15) is 44.0 Å². The number of nitriles is 1. The van der Waals surface area contributed by atoms with Gasteiger partial charge in [0.2, 0.25) is 5.91 Å². The first kappa shape index (κ1) is 20.7. The van der Waals surface area contributed by atoms with E-state index >= 15 is 0 Å². The summed E-state index contributed by atoms with van der Waals surface area (Å²) in [5, 5.41) is 12.2. The smallest absolute Gasteiger partial charge is 0.338 e. The van der Waals surface area contributed by atoms with Crippen molar-refractivity contribution in [2.75, 3.05) is 18.1 Å². The molecule has 2 rings (SSSR count). The SMILES string of the molecule is CC(C)[C@](C)(C#N)NC(=O)COC(=O)c1ccc(Cl)c(N2CCCC2=O)c1. The second kappa shape index (κ2) is 8.40. The molecule has 1 aromatic rings. The number of nitrogens with zero attached hydrogens (tertiary/aromatic N) is 2. The largest absolute Gasteiger partial charge is 0.452 e. The quantitative estimate of drug-likeness (QED) is 0.751. The van der Waals surface area contributed by atoms with Gasteiger partial charge in [-0.2, -0.15) is 5.26 Å². The Morgan fingerprint density at radius 1 is 1.44 bits per heavy atom. The van der Waals surface area contributed by atoms with Crippen molar-refractivity contribution in [1.82, 2.24) is 5.32 Å². The minimum Gasteiger partial charge on any atom is -0.452 e. The highest BCUT2D eigenvalue weighted by Crippen LogP contribution is 2.30. The topological polar surface area (TPSA) is 99.5 Å². The average molecular weight is 392 g/mol. The summed E-state index contributed by atoms with van der Waals surface area (Å²) in [5.41, 5.74) is -0.406. The van der Waals surface area contributed by atoms with Gasteiger partial charge in [0.15, 0.2) is 6.61 Å². The minimum atomic E-state index is -1.05. The van der Waals surface area contributed by atoms with Gasteiger partial charge in [-0.25, -0.2) is 4.79 Å². The van der Waals surface area contributed by atoms with Gasteiger partial charge in [-0.1, -0.05) is 25.4 Å². The Balaban J connectivity index is 2.03. The predicted molar refractivity (Wildman–Crippen MR) is 100 cm³/mol. The Labute approximate surface area is 163 Å². The van der Waals surface area contributed by atoms with Crippen molar-refractivity contribution in [2.24, 2.45) is 5.92 Å². The lowest BCUT2D eigenvalue weighted by Gasteiger charge is -2.27. The summed E-state index contributed by atoms with van der Waals surface area (Å²) >= 11 is 6.15. The molecule has 0 saturated carbocycles. The third-order valence-electron chi connectivity index (χ3n) is 4.67. The Morgan fingerprint density at radius 3 is 2.70 bits per heavy atom. The average Bonchev–Trinajstić information content (AvgIpc) is 3.05.